The monoisotopic (exact) mass is 748 g/mol. The van der Waals surface area contributed by atoms with Gasteiger partial charge in [0.2, 0.25) is 0 Å². The summed E-state index contributed by atoms with van der Waals surface area (Å²) in [5, 5.41) is -0.427. The van der Waals surface area contributed by atoms with Crippen LogP contribution in [0.25, 0.3) is 21.9 Å². The SMILES string of the molecule is CCCCCCC1CCC2CC(c3cc(F)c(C(F)(F)Oc4ccc(-c5ccc6c(F)c(C#CC(F)(F)F)c(F)cc6c5)c(F)c4)c(F)c3)CCC2C1. The van der Waals surface area contributed by atoms with Gasteiger partial charge in [-0.05, 0) is 109 Å². The number of hydrogen-bond acceptors (Lipinski definition) is 1. The van der Waals surface area contributed by atoms with Crippen molar-refractivity contribution in [2.45, 2.75) is 95.8 Å². The van der Waals surface area contributed by atoms with Crippen LogP contribution in [-0.2, 0) is 6.11 Å². The quantitative estimate of drug-likeness (QED) is 0.0891. The Bertz CT molecular complexity index is 2000. The Labute approximate surface area is 301 Å². The van der Waals surface area contributed by atoms with Gasteiger partial charge in [0, 0.05) is 22.9 Å². The van der Waals surface area contributed by atoms with E-state index in [0.717, 1.165) is 86.4 Å². The molecule has 4 aromatic carbocycles. The Kier molecular flexibility index (Phi) is 11.4. The summed E-state index contributed by atoms with van der Waals surface area (Å²) in [5.74, 6) is -3.69. The number of fused-ring (bicyclic) bond motifs is 2. The average Bonchev–Trinajstić information content (AvgIpc) is 3.08. The molecule has 0 saturated heterocycles. The van der Waals surface area contributed by atoms with Crippen LogP contribution in [0.2, 0.25) is 0 Å². The van der Waals surface area contributed by atoms with E-state index in [1.54, 1.807) is 0 Å². The molecule has 6 rings (SSSR count). The number of halogens is 10. The fourth-order valence-corrected chi connectivity index (χ4v) is 8.26. The minimum Gasteiger partial charge on any atom is -0.429 e. The van der Waals surface area contributed by atoms with Gasteiger partial charge in [-0.25, -0.2) is 22.0 Å². The van der Waals surface area contributed by atoms with Gasteiger partial charge in [-0.2, -0.15) is 22.0 Å². The van der Waals surface area contributed by atoms with Gasteiger partial charge in [-0.15, -0.1) is 0 Å². The first-order valence-corrected chi connectivity index (χ1v) is 18.0. The Morgan fingerprint density at radius 1 is 0.717 bits per heavy atom. The Balaban J connectivity index is 1.14. The fraction of sp³-hybridized carbons (Fsp3) is 0.429. The molecule has 0 spiro atoms. The molecule has 0 radical (unpaired) electrons. The maximum Gasteiger partial charge on any atom is 0.458 e. The summed E-state index contributed by atoms with van der Waals surface area (Å²) in [4.78, 5) is 0. The summed E-state index contributed by atoms with van der Waals surface area (Å²) in [5.41, 5.74) is -2.53. The molecule has 2 aliphatic carbocycles. The molecule has 282 valence electrons. The Morgan fingerprint density at radius 2 is 1.43 bits per heavy atom. The lowest BCUT2D eigenvalue weighted by molar-refractivity contribution is -0.189. The third-order valence-electron chi connectivity index (χ3n) is 10.9. The lowest BCUT2D eigenvalue weighted by atomic mass is 9.63. The number of benzene rings is 4. The number of alkyl halides is 5. The van der Waals surface area contributed by atoms with Gasteiger partial charge in [0.15, 0.2) is 0 Å². The third kappa shape index (κ3) is 8.79. The summed E-state index contributed by atoms with van der Waals surface area (Å²) in [6, 6.07) is 8.60. The van der Waals surface area contributed by atoms with E-state index in [2.05, 4.69) is 11.7 Å². The summed E-state index contributed by atoms with van der Waals surface area (Å²) in [7, 11) is 0. The van der Waals surface area contributed by atoms with Crippen LogP contribution in [0.4, 0.5) is 43.9 Å². The number of hydrogen-bond donors (Lipinski definition) is 0. The molecule has 2 aliphatic rings. The zero-order chi connectivity index (χ0) is 38.1. The van der Waals surface area contributed by atoms with Gasteiger partial charge < -0.3 is 4.74 Å². The average molecular weight is 749 g/mol. The predicted octanol–water partition coefficient (Wildman–Crippen LogP) is 13.5. The Morgan fingerprint density at radius 3 is 2.13 bits per heavy atom. The van der Waals surface area contributed by atoms with Crippen molar-refractivity contribution < 1.29 is 48.6 Å². The molecular formula is C42H38F10O. The highest BCUT2D eigenvalue weighted by Gasteiger charge is 2.42. The van der Waals surface area contributed by atoms with Crippen LogP contribution < -0.4 is 4.74 Å². The summed E-state index contributed by atoms with van der Waals surface area (Å²) < 4.78 is 148. The third-order valence-corrected chi connectivity index (χ3v) is 10.9. The van der Waals surface area contributed by atoms with E-state index in [-0.39, 0.29) is 27.8 Å². The molecule has 0 heterocycles. The Hall–Kier alpha value is -4.20. The van der Waals surface area contributed by atoms with Gasteiger partial charge in [0.1, 0.15) is 40.4 Å². The maximum atomic E-state index is 15.3. The van der Waals surface area contributed by atoms with Crippen LogP contribution in [0.1, 0.15) is 100 Å². The molecule has 2 saturated carbocycles. The molecule has 0 aromatic heterocycles. The second-order valence-electron chi connectivity index (χ2n) is 14.4. The molecule has 11 heteroatoms. The lowest BCUT2D eigenvalue weighted by Gasteiger charge is -2.42. The van der Waals surface area contributed by atoms with Crippen molar-refractivity contribution in [2.75, 3.05) is 0 Å². The van der Waals surface area contributed by atoms with Crippen molar-refractivity contribution >= 4 is 10.8 Å². The summed E-state index contributed by atoms with van der Waals surface area (Å²) in [6.45, 7) is 2.19. The van der Waals surface area contributed by atoms with E-state index in [1.807, 2.05) is 0 Å². The molecule has 4 atom stereocenters. The van der Waals surface area contributed by atoms with Crippen molar-refractivity contribution in [1.29, 1.82) is 0 Å². The fourth-order valence-electron chi connectivity index (χ4n) is 8.26. The zero-order valence-electron chi connectivity index (χ0n) is 29.0. The van der Waals surface area contributed by atoms with Crippen LogP contribution in [0.15, 0.2) is 54.6 Å². The van der Waals surface area contributed by atoms with E-state index in [4.69, 9.17) is 0 Å². The molecular weight excluding hydrogens is 710 g/mol. The molecule has 0 N–H and O–H groups in total. The minimum absolute atomic E-state index is 0.0402. The van der Waals surface area contributed by atoms with Crippen molar-refractivity contribution in [2.24, 2.45) is 17.8 Å². The summed E-state index contributed by atoms with van der Waals surface area (Å²) in [6.07, 6.45) is 2.49. The molecule has 4 unspecified atom stereocenters. The molecule has 0 bridgehead atoms. The maximum absolute atomic E-state index is 15.3. The number of ether oxygens (including phenoxy) is 1. The second-order valence-corrected chi connectivity index (χ2v) is 14.4. The van der Waals surface area contributed by atoms with E-state index >= 15 is 22.0 Å². The topological polar surface area (TPSA) is 9.23 Å². The van der Waals surface area contributed by atoms with Crippen molar-refractivity contribution in [3.63, 3.8) is 0 Å². The summed E-state index contributed by atoms with van der Waals surface area (Å²) >= 11 is 0. The number of unbranched alkanes of at least 4 members (excludes halogenated alkanes) is 3. The smallest absolute Gasteiger partial charge is 0.429 e. The first kappa shape index (κ1) is 38.5. The molecule has 4 aromatic rings. The van der Waals surface area contributed by atoms with E-state index in [0.29, 0.717) is 23.5 Å². The van der Waals surface area contributed by atoms with Gasteiger partial charge in [-0.1, -0.05) is 63.5 Å². The van der Waals surface area contributed by atoms with E-state index in [9.17, 15) is 22.0 Å². The van der Waals surface area contributed by atoms with Crippen LogP contribution in [0.3, 0.4) is 0 Å². The molecule has 53 heavy (non-hydrogen) atoms. The molecule has 0 aliphatic heterocycles. The largest absolute Gasteiger partial charge is 0.458 e. The standard InChI is InChI=1S/C42H38F10O/c1-2-3-4-5-6-24-7-8-26-18-27(10-9-25(26)17-24)29-20-37(45)39(38(46)21-29)42(51,52)53-31-12-14-32(36(44)23-31)28-11-13-33-30(19-28)22-35(43)34(40(33)47)15-16-41(48,49)50/h11-14,19-27H,2-10,17-18H2,1H3. The van der Waals surface area contributed by atoms with Gasteiger partial charge in [-0.3, -0.25) is 0 Å². The molecule has 0 amide bonds. The first-order chi connectivity index (χ1) is 25.1. The van der Waals surface area contributed by atoms with Gasteiger partial charge >= 0.3 is 12.3 Å². The van der Waals surface area contributed by atoms with Crippen molar-refractivity contribution in [3.05, 3.63) is 100 Å². The predicted molar refractivity (Wildman–Crippen MR) is 183 cm³/mol. The van der Waals surface area contributed by atoms with Gasteiger partial charge in [0.25, 0.3) is 0 Å². The van der Waals surface area contributed by atoms with E-state index < -0.39 is 58.2 Å². The number of rotatable bonds is 10. The molecule has 1 nitrogen and oxygen atoms in total. The van der Waals surface area contributed by atoms with Crippen molar-refractivity contribution in [3.8, 4) is 28.7 Å². The normalized spacial score (nSPS) is 20.5. The highest BCUT2D eigenvalue weighted by Crippen LogP contribution is 2.49. The molecule has 2 fully saturated rings. The lowest BCUT2D eigenvalue weighted by Crippen LogP contribution is -2.31. The van der Waals surface area contributed by atoms with Crippen LogP contribution in [0, 0.1) is 58.7 Å². The minimum atomic E-state index is -4.98. The van der Waals surface area contributed by atoms with Crippen LogP contribution in [-0.4, -0.2) is 6.18 Å². The van der Waals surface area contributed by atoms with Crippen LogP contribution in [0.5, 0.6) is 5.75 Å². The highest BCUT2D eigenvalue weighted by atomic mass is 19.4. The highest BCUT2D eigenvalue weighted by molar-refractivity contribution is 5.89. The van der Waals surface area contributed by atoms with Gasteiger partial charge in [0.05, 0.1) is 5.56 Å². The first-order valence-electron chi connectivity index (χ1n) is 18.0. The van der Waals surface area contributed by atoms with Crippen LogP contribution >= 0.6 is 0 Å². The van der Waals surface area contributed by atoms with E-state index in [1.165, 1.54) is 50.5 Å². The zero-order valence-corrected chi connectivity index (χ0v) is 29.0. The second kappa shape index (κ2) is 15.6. The van der Waals surface area contributed by atoms with Crippen molar-refractivity contribution in [1.82, 2.24) is 0 Å².